The van der Waals surface area contributed by atoms with Crippen molar-refractivity contribution >= 4 is 44.9 Å². The van der Waals surface area contributed by atoms with E-state index in [1.165, 1.54) is 40.9 Å². The standard InChI is InChI=1S/C19H17F2N3O3S2/c20-19(21)27-11-6-4-10(5-7-11)22-15(25)9-28-8-14-23-17(26)16-12-2-1-3-13(12)29-18(16)24-14/h4-7,19H,1-3,8-9H2,(H,22,25)(H,23,24,26). The number of thioether (sulfide) groups is 1. The zero-order valence-corrected chi connectivity index (χ0v) is 16.8. The van der Waals surface area contributed by atoms with Crippen molar-refractivity contribution < 1.29 is 18.3 Å². The average molecular weight is 437 g/mol. The third-order valence-electron chi connectivity index (χ3n) is 4.46. The molecule has 0 unspecified atom stereocenters. The molecule has 3 aromatic rings. The van der Waals surface area contributed by atoms with Crippen LogP contribution in [0.2, 0.25) is 0 Å². The van der Waals surface area contributed by atoms with Crippen LogP contribution in [0.25, 0.3) is 10.2 Å². The van der Waals surface area contributed by atoms with Gasteiger partial charge in [0.2, 0.25) is 5.91 Å². The molecule has 1 aliphatic rings. The van der Waals surface area contributed by atoms with Gasteiger partial charge in [-0.1, -0.05) is 0 Å². The van der Waals surface area contributed by atoms with Crippen LogP contribution in [-0.4, -0.2) is 28.2 Å². The van der Waals surface area contributed by atoms with Gasteiger partial charge in [0, 0.05) is 10.6 Å². The van der Waals surface area contributed by atoms with Gasteiger partial charge in [-0.05, 0) is 49.1 Å². The van der Waals surface area contributed by atoms with E-state index >= 15 is 0 Å². The van der Waals surface area contributed by atoms with Crippen molar-refractivity contribution in [2.24, 2.45) is 0 Å². The number of anilines is 1. The van der Waals surface area contributed by atoms with Crippen molar-refractivity contribution in [3.63, 3.8) is 0 Å². The number of aromatic amines is 1. The predicted molar refractivity (Wildman–Crippen MR) is 110 cm³/mol. The quantitative estimate of drug-likeness (QED) is 0.585. The third-order valence-corrected chi connectivity index (χ3v) is 6.59. The maximum atomic E-state index is 12.4. The van der Waals surface area contributed by atoms with Gasteiger partial charge < -0.3 is 15.0 Å². The zero-order valence-electron chi connectivity index (χ0n) is 15.2. The van der Waals surface area contributed by atoms with Gasteiger partial charge >= 0.3 is 6.61 Å². The molecule has 0 fully saturated rings. The Labute approximate surface area is 172 Å². The molecule has 1 amide bonds. The topological polar surface area (TPSA) is 84.1 Å². The number of fused-ring (bicyclic) bond motifs is 3. The molecule has 0 radical (unpaired) electrons. The van der Waals surface area contributed by atoms with Crippen molar-refractivity contribution in [1.29, 1.82) is 0 Å². The van der Waals surface area contributed by atoms with E-state index < -0.39 is 6.61 Å². The summed E-state index contributed by atoms with van der Waals surface area (Å²) in [6.07, 6.45) is 3.03. The number of aromatic nitrogens is 2. The fourth-order valence-corrected chi connectivity index (χ4v) is 5.24. The largest absolute Gasteiger partial charge is 0.435 e. The highest BCUT2D eigenvalue weighted by molar-refractivity contribution is 7.99. The minimum Gasteiger partial charge on any atom is -0.435 e. The van der Waals surface area contributed by atoms with Crippen molar-refractivity contribution in [2.45, 2.75) is 31.6 Å². The molecule has 4 rings (SSSR count). The number of alkyl halides is 2. The lowest BCUT2D eigenvalue weighted by atomic mass is 10.2. The summed E-state index contributed by atoms with van der Waals surface area (Å²) < 4.78 is 28.5. The number of nitrogens with zero attached hydrogens (tertiary/aromatic N) is 1. The summed E-state index contributed by atoms with van der Waals surface area (Å²) in [5, 5.41) is 3.40. The lowest BCUT2D eigenvalue weighted by Crippen LogP contribution is -2.15. The number of aryl methyl sites for hydroxylation is 2. The molecule has 1 aliphatic carbocycles. The van der Waals surface area contributed by atoms with Crippen LogP contribution in [0.3, 0.4) is 0 Å². The third kappa shape index (κ3) is 4.59. The van der Waals surface area contributed by atoms with Crippen LogP contribution in [0.4, 0.5) is 14.5 Å². The number of hydrogen-bond donors (Lipinski definition) is 2. The average Bonchev–Trinajstić information content (AvgIpc) is 3.23. The van der Waals surface area contributed by atoms with Gasteiger partial charge in [-0.15, -0.1) is 23.1 Å². The Morgan fingerprint density at radius 3 is 2.86 bits per heavy atom. The van der Waals surface area contributed by atoms with Crippen LogP contribution in [0.15, 0.2) is 29.1 Å². The van der Waals surface area contributed by atoms with Crippen LogP contribution >= 0.6 is 23.1 Å². The molecule has 2 heterocycles. The fourth-order valence-electron chi connectivity index (χ4n) is 3.27. The summed E-state index contributed by atoms with van der Waals surface area (Å²) in [5.74, 6) is 0.905. The molecule has 2 aromatic heterocycles. The van der Waals surface area contributed by atoms with E-state index in [1.807, 2.05) is 0 Å². The van der Waals surface area contributed by atoms with Gasteiger partial charge in [0.05, 0.1) is 16.9 Å². The van der Waals surface area contributed by atoms with Gasteiger partial charge in [0.25, 0.3) is 5.56 Å². The second-order valence-electron chi connectivity index (χ2n) is 6.49. The lowest BCUT2D eigenvalue weighted by molar-refractivity contribution is -0.113. The Morgan fingerprint density at radius 1 is 1.31 bits per heavy atom. The van der Waals surface area contributed by atoms with E-state index in [1.54, 1.807) is 11.3 Å². The first kappa shape index (κ1) is 19.8. The lowest BCUT2D eigenvalue weighted by Gasteiger charge is -2.07. The number of carbonyl (C=O) groups excluding carboxylic acids is 1. The second-order valence-corrected chi connectivity index (χ2v) is 8.56. The highest BCUT2D eigenvalue weighted by Gasteiger charge is 2.21. The summed E-state index contributed by atoms with van der Waals surface area (Å²) in [7, 11) is 0. The van der Waals surface area contributed by atoms with Crippen LogP contribution in [-0.2, 0) is 23.4 Å². The zero-order chi connectivity index (χ0) is 20.4. The maximum Gasteiger partial charge on any atom is 0.387 e. The Bertz CT molecular complexity index is 1100. The highest BCUT2D eigenvalue weighted by Crippen LogP contribution is 2.34. The first-order valence-corrected chi connectivity index (χ1v) is 10.9. The monoisotopic (exact) mass is 437 g/mol. The van der Waals surface area contributed by atoms with Crippen LogP contribution < -0.4 is 15.6 Å². The van der Waals surface area contributed by atoms with E-state index in [2.05, 4.69) is 20.0 Å². The molecule has 152 valence electrons. The minimum absolute atomic E-state index is 0.0253. The second kappa shape index (κ2) is 8.50. The molecule has 10 heteroatoms. The van der Waals surface area contributed by atoms with Gasteiger partial charge in [-0.3, -0.25) is 9.59 Å². The number of nitrogens with one attached hydrogen (secondary N) is 2. The summed E-state index contributed by atoms with van der Waals surface area (Å²) in [5.41, 5.74) is 1.51. The Kier molecular flexibility index (Phi) is 5.81. The minimum atomic E-state index is -2.89. The van der Waals surface area contributed by atoms with Crippen molar-refractivity contribution in [2.75, 3.05) is 11.1 Å². The van der Waals surface area contributed by atoms with E-state index in [-0.39, 0.29) is 23.0 Å². The normalized spacial score (nSPS) is 13.1. The fraction of sp³-hybridized carbons (Fsp3) is 0.316. The number of rotatable bonds is 7. The molecule has 6 nitrogen and oxygen atoms in total. The molecule has 0 spiro atoms. The molecule has 0 saturated heterocycles. The Morgan fingerprint density at radius 2 is 2.10 bits per heavy atom. The molecule has 0 aliphatic heterocycles. The first-order valence-electron chi connectivity index (χ1n) is 8.95. The number of hydrogen-bond acceptors (Lipinski definition) is 6. The smallest absolute Gasteiger partial charge is 0.387 e. The summed E-state index contributed by atoms with van der Waals surface area (Å²) >= 11 is 2.91. The molecule has 2 N–H and O–H groups in total. The Balaban J connectivity index is 1.32. The van der Waals surface area contributed by atoms with Gasteiger partial charge in [0.1, 0.15) is 16.4 Å². The molecule has 0 saturated carbocycles. The predicted octanol–water partition coefficient (Wildman–Crippen LogP) is 3.95. The molecule has 0 bridgehead atoms. The van der Waals surface area contributed by atoms with Gasteiger partial charge in [-0.2, -0.15) is 8.78 Å². The van der Waals surface area contributed by atoms with E-state index in [0.29, 0.717) is 22.7 Å². The number of H-pyrrole nitrogens is 1. The summed E-state index contributed by atoms with van der Waals surface area (Å²) in [6.45, 7) is -2.89. The SMILES string of the molecule is O=C(CSCc1nc2sc3c(c2c(=O)[nH]1)CCC3)Nc1ccc(OC(F)F)cc1. The maximum absolute atomic E-state index is 12.4. The van der Waals surface area contributed by atoms with E-state index in [0.717, 1.165) is 29.7 Å². The van der Waals surface area contributed by atoms with E-state index in [9.17, 15) is 18.4 Å². The molecule has 29 heavy (non-hydrogen) atoms. The molecule has 1 aromatic carbocycles. The number of amides is 1. The first-order chi connectivity index (χ1) is 14.0. The van der Waals surface area contributed by atoms with Crippen LogP contribution in [0.1, 0.15) is 22.7 Å². The van der Waals surface area contributed by atoms with E-state index in [4.69, 9.17) is 0 Å². The molecule has 0 atom stereocenters. The van der Waals surface area contributed by atoms with Crippen LogP contribution in [0.5, 0.6) is 5.75 Å². The number of carbonyl (C=O) groups is 1. The van der Waals surface area contributed by atoms with Crippen molar-refractivity contribution in [3.8, 4) is 5.75 Å². The molecular formula is C19H17F2N3O3S2. The highest BCUT2D eigenvalue weighted by atomic mass is 32.2. The van der Waals surface area contributed by atoms with Gasteiger partial charge in [0.15, 0.2) is 0 Å². The number of halogens is 2. The number of thiophene rings is 1. The van der Waals surface area contributed by atoms with Gasteiger partial charge in [-0.25, -0.2) is 4.98 Å². The Hall–Kier alpha value is -2.46. The summed E-state index contributed by atoms with van der Waals surface area (Å²) in [6, 6.07) is 5.70. The summed E-state index contributed by atoms with van der Waals surface area (Å²) in [4.78, 5) is 33.9. The van der Waals surface area contributed by atoms with Crippen molar-refractivity contribution in [1.82, 2.24) is 9.97 Å². The number of ether oxygens (including phenoxy) is 1. The number of benzene rings is 1. The van der Waals surface area contributed by atoms with Crippen LogP contribution in [0, 0.1) is 0 Å². The van der Waals surface area contributed by atoms with Crippen molar-refractivity contribution in [3.05, 3.63) is 50.9 Å². The molecular weight excluding hydrogens is 420 g/mol.